The molecule has 0 spiro atoms. The van der Waals surface area contributed by atoms with Gasteiger partial charge in [0.1, 0.15) is 23.3 Å². The van der Waals surface area contributed by atoms with Gasteiger partial charge in [0.05, 0.1) is 33.1 Å². The molecule has 0 amide bonds. The van der Waals surface area contributed by atoms with Crippen molar-refractivity contribution in [3.05, 3.63) is 143 Å². The fourth-order valence-electron chi connectivity index (χ4n) is 9.78. The van der Waals surface area contributed by atoms with Gasteiger partial charge in [-0.1, -0.05) is 13.8 Å². The lowest BCUT2D eigenvalue weighted by Gasteiger charge is -2.32. The van der Waals surface area contributed by atoms with Crippen LogP contribution in [0.3, 0.4) is 0 Å². The van der Waals surface area contributed by atoms with E-state index in [2.05, 4.69) is 43.8 Å². The minimum Gasteiger partial charge on any atom is -0.342 e. The topological polar surface area (TPSA) is 83.1 Å². The SMILES string of the molecule is C[C@@H](c1nc2cc(F)c(F)cc2[nH]1)C1CCC(c2ccnc3ccc(F)cc23)CC1.C[C@H](c1nc2cc(F)c(F)cc2[nH]1)C1CCC(c2ccnc3ccc(F)cc23)CC1. The Labute approximate surface area is 342 Å². The van der Waals surface area contributed by atoms with E-state index in [1.54, 1.807) is 36.7 Å². The Balaban J connectivity index is 0.000000154. The molecule has 6 nitrogen and oxygen atoms in total. The van der Waals surface area contributed by atoms with Gasteiger partial charge >= 0.3 is 0 Å². The van der Waals surface area contributed by atoms with Crippen LogP contribution in [0.25, 0.3) is 43.9 Å². The smallest absolute Gasteiger partial charge is 0.161 e. The highest BCUT2D eigenvalue weighted by atomic mass is 19.2. The first-order valence-corrected chi connectivity index (χ1v) is 20.8. The minimum atomic E-state index is -0.880. The summed E-state index contributed by atoms with van der Waals surface area (Å²) in [5.41, 5.74) is 5.94. The third-order valence-corrected chi connectivity index (χ3v) is 13.3. The molecule has 2 aliphatic carbocycles. The van der Waals surface area contributed by atoms with Crippen LogP contribution in [0.2, 0.25) is 0 Å². The Morgan fingerprint density at radius 2 is 0.850 bits per heavy atom. The molecule has 2 N–H and O–H groups in total. The van der Waals surface area contributed by atoms with Crippen molar-refractivity contribution in [3.8, 4) is 0 Å². The number of nitrogens with zero attached hydrogens (tertiary/aromatic N) is 4. The van der Waals surface area contributed by atoms with Crippen LogP contribution in [0.1, 0.15) is 112 Å². The first-order chi connectivity index (χ1) is 29.0. The standard InChI is InChI=1S/2C24H22F3N3/c2*1-13(24-29-22-11-19(26)20(27)12-23(22)30-24)14-2-4-15(5-3-14)17-8-9-28-21-7-6-16(25)10-18(17)21/h2*6-15H,2-5H2,1H3,(H,29,30)/t2*13-,14?,15?/m10/s1. The number of rotatable bonds is 6. The number of hydrogen-bond donors (Lipinski definition) is 2. The molecular weight excluding hydrogens is 775 g/mol. The van der Waals surface area contributed by atoms with Crippen molar-refractivity contribution < 1.29 is 26.3 Å². The maximum absolute atomic E-state index is 13.8. The fraction of sp³-hybridized carbons (Fsp3) is 0.333. The summed E-state index contributed by atoms with van der Waals surface area (Å²) in [6.45, 7) is 4.24. The predicted molar refractivity (Wildman–Crippen MR) is 222 cm³/mol. The van der Waals surface area contributed by atoms with Crippen LogP contribution >= 0.6 is 0 Å². The quantitative estimate of drug-likeness (QED) is 0.164. The Bertz CT molecular complexity index is 2570. The lowest BCUT2D eigenvalue weighted by molar-refractivity contribution is 0.286. The van der Waals surface area contributed by atoms with E-state index in [1.807, 2.05) is 12.1 Å². The third kappa shape index (κ3) is 7.84. The molecule has 4 heterocycles. The molecule has 10 rings (SSSR count). The summed E-state index contributed by atoms with van der Waals surface area (Å²) in [6, 6.07) is 18.2. The maximum atomic E-state index is 13.8. The van der Waals surface area contributed by atoms with Gasteiger partial charge in [-0.2, -0.15) is 0 Å². The largest absolute Gasteiger partial charge is 0.342 e. The number of imidazole rings is 2. The van der Waals surface area contributed by atoms with Crippen LogP contribution < -0.4 is 0 Å². The van der Waals surface area contributed by atoms with Gasteiger partial charge in [-0.05, 0) is 135 Å². The van der Waals surface area contributed by atoms with Gasteiger partial charge in [-0.15, -0.1) is 0 Å². The molecule has 0 radical (unpaired) electrons. The van der Waals surface area contributed by atoms with E-state index >= 15 is 0 Å². The third-order valence-electron chi connectivity index (χ3n) is 13.3. The molecule has 2 saturated carbocycles. The number of nitrogens with one attached hydrogen (secondary N) is 2. The van der Waals surface area contributed by atoms with E-state index < -0.39 is 23.3 Å². The van der Waals surface area contributed by atoms with Gasteiger partial charge < -0.3 is 9.97 Å². The molecule has 4 aromatic carbocycles. The molecule has 0 aliphatic heterocycles. The van der Waals surface area contributed by atoms with Crippen LogP contribution in [0.15, 0.2) is 85.2 Å². The molecule has 0 unspecified atom stereocenters. The number of pyridine rings is 2. The molecular formula is C48H44F6N6. The minimum absolute atomic E-state index is 0.163. The first-order valence-electron chi connectivity index (χ1n) is 20.8. The Morgan fingerprint density at radius 3 is 1.25 bits per heavy atom. The van der Waals surface area contributed by atoms with Crippen molar-refractivity contribution in [1.29, 1.82) is 0 Å². The number of aromatic nitrogens is 6. The zero-order valence-corrected chi connectivity index (χ0v) is 33.3. The predicted octanol–water partition coefficient (Wildman–Crippen LogP) is 13.2. The number of benzene rings is 4. The van der Waals surface area contributed by atoms with Gasteiger partial charge in [-0.25, -0.2) is 36.3 Å². The van der Waals surface area contributed by atoms with E-state index in [0.717, 1.165) is 97.0 Å². The van der Waals surface area contributed by atoms with E-state index in [4.69, 9.17) is 0 Å². The average Bonchev–Trinajstić information content (AvgIpc) is 3.87. The molecule has 0 bridgehead atoms. The summed E-state index contributed by atoms with van der Waals surface area (Å²) in [7, 11) is 0. The van der Waals surface area contributed by atoms with Crippen molar-refractivity contribution in [2.45, 2.75) is 88.9 Å². The van der Waals surface area contributed by atoms with E-state index in [0.29, 0.717) is 45.7 Å². The van der Waals surface area contributed by atoms with Crippen LogP contribution in [0, 0.1) is 46.7 Å². The van der Waals surface area contributed by atoms with Crippen molar-refractivity contribution in [2.24, 2.45) is 11.8 Å². The molecule has 2 aliphatic rings. The highest BCUT2D eigenvalue weighted by Crippen LogP contribution is 2.44. The van der Waals surface area contributed by atoms with Crippen molar-refractivity contribution in [3.63, 3.8) is 0 Å². The normalized spacial score (nSPS) is 20.7. The Kier molecular flexibility index (Phi) is 10.8. The lowest BCUT2D eigenvalue weighted by atomic mass is 9.73. The van der Waals surface area contributed by atoms with Gasteiger partial charge in [0.15, 0.2) is 23.3 Å². The van der Waals surface area contributed by atoms with Crippen molar-refractivity contribution >= 4 is 43.9 Å². The fourth-order valence-corrected chi connectivity index (χ4v) is 9.78. The molecule has 60 heavy (non-hydrogen) atoms. The highest BCUT2D eigenvalue weighted by molar-refractivity contribution is 5.83. The van der Waals surface area contributed by atoms with Crippen LogP contribution in [-0.4, -0.2) is 29.9 Å². The number of hydrogen-bond acceptors (Lipinski definition) is 4. The number of H-pyrrole nitrogens is 2. The van der Waals surface area contributed by atoms with Gasteiger partial charge in [0.25, 0.3) is 0 Å². The maximum Gasteiger partial charge on any atom is 0.161 e. The summed E-state index contributed by atoms with van der Waals surface area (Å²) < 4.78 is 81.6. The molecule has 8 aromatic rings. The van der Waals surface area contributed by atoms with Crippen molar-refractivity contribution in [2.75, 3.05) is 0 Å². The molecule has 308 valence electrons. The van der Waals surface area contributed by atoms with Gasteiger partial charge in [-0.3, -0.25) is 9.97 Å². The Hall–Kier alpha value is -5.78. The summed E-state index contributed by atoms with van der Waals surface area (Å²) in [6.07, 6.45) is 11.7. The van der Waals surface area contributed by atoms with Gasteiger partial charge in [0, 0.05) is 59.3 Å². The van der Waals surface area contributed by atoms with Gasteiger partial charge in [0.2, 0.25) is 0 Å². The summed E-state index contributed by atoms with van der Waals surface area (Å²) in [5.74, 6) is -0.490. The van der Waals surface area contributed by atoms with Crippen LogP contribution in [-0.2, 0) is 0 Å². The zero-order chi connectivity index (χ0) is 41.7. The second-order valence-electron chi connectivity index (χ2n) is 16.7. The van der Waals surface area contributed by atoms with E-state index in [1.165, 1.54) is 35.4 Å². The Morgan fingerprint density at radius 1 is 0.467 bits per heavy atom. The molecule has 12 heteroatoms. The lowest BCUT2D eigenvalue weighted by Crippen LogP contribution is -2.19. The monoisotopic (exact) mass is 818 g/mol. The number of aromatic amines is 2. The summed E-state index contributed by atoms with van der Waals surface area (Å²) in [4.78, 5) is 24.1. The average molecular weight is 819 g/mol. The summed E-state index contributed by atoms with van der Waals surface area (Å²) >= 11 is 0. The molecule has 0 saturated heterocycles. The zero-order valence-electron chi connectivity index (χ0n) is 33.3. The molecule has 2 fully saturated rings. The second kappa shape index (κ2) is 16.3. The molecule has 4 aromatic heterocycles. The molecule has 2 atom stereocenters. The number of fused-ring (bicyclic) bond motifs is 4. The van der Waals surface area contributed by atoms with Crippen LogP contribution in [0.5, 0.6) is 0 Å². The second-order valence-corrected chi connectivity index (χ2v) is 16.7. The highest BCUT2D eigenvalue weighted by Gasteiger charge is 2.31. The van der Waals surface area contributed by atoms with Crippen molar-refractivity contribution in [1.82, 2.24) is 29.9 Å². The first kappa shape index (κ1) is 39.7. The summed E-state index contributed by atoms with van der Waals surface area (Å²) in [5, 5.41) is 1.80. The van der Waals surface area contributed by atoms with Crippen LogP contribution in [0.4, 0.5) is 26.3 Å². The number of halogens is 6. The van der Waals surface area contributed by atoms with E-state index in [9.17, 15) is 26.3 Å². The van der Waals surface area contributed by atoms with E-state index in [-0.39, 0.29) is 23.5 Å².